The van der Waals surface area contributed by atoms with E-state index in [1.807, 2.05) is 0 Å². The van der Waals surface area contributed by atoms with Crippen molar-refractivity contribution in [3.63, 3.8) is 0 Å². The SMILES string of the molecule is COc1ccc(C(=O)N/N=C(/C)c2ccccc2O)cc1. The molecule has 0 aliphatic rings. The fraction of sp³-hybridized carbons (Fsp3) is 0.125. The number of phenols is 1. The van der Waals surface area contributed by atoms with E-state index in [0.29, 0.717) is 22.6 Å². The quantitative estimate of drug-likeness (QED) is 0.669. The molecule has 0 aromatic heterocycles. The van der Waals surface area contributed by atoms with Gasteiger partial charge in [0.15, 0.2) is 0 Å². The maximum absolute atomic E-state index is 11.9. The van der Waals surface area contributed by atoms with Gasteiger partial charge in [-0.3, -0.25) is 4.79 Å². The summed E-state index contributed by atoms with van der Waals surface area (Å²) in [4.78, 5) is 11.9. The summed E-state index contributed by atoms with van der Waals surface area (Å²) < 4.78 is 5.03. The van der Waals surface area contributed by atoms with Crippen molar-refractivity contribution in [2.24, 2.45) is 5.10 Å². The van der Waals surface area contributed by atoms with Crippen LogP contribution in [0.2, 0.25) is 0 Å². The number of methoxy groups -OCH3 is 1. The van der Waals surface area contributed by atoms with Crippen LogP contribution in [-0.4, -0.2) is 23.8 Å². The molecule has 2 aromatic carbocycles. The smallest absolute Gasteiger partial charge is 0.271 e. The molecule has 0 bridgehead atoms. The Morgan fingerprint density at radius 1 is 1.14 bits per heavy atom. The van der Waals surface area contributed by atoms with Crippen molar-refractivity contribution in [1.29, 1.82) is 0 Å². The maximum Gasteiger partial charge on any atom is 0.271 e. The first-order valence-corrected chi connectivity index (χ1v) is 6.39. The third-order valence-electron chi connectivity index (χ3n) is 2.97. The summed E-state index contributed by atoms with van der Waals surface area (Å²) in [6, 6.07) is 13.5. The monoisotopic (exact) mass is 284 g/mol. The summed E-state index contributed by atoms with van der Waals surface area (Å²) in [6.07, 6.45) is 0. The number of carbonyl (C=O) groups excluding carboxylic acids is 1. The van der Waals surface area contributed by atoms with Gasteiger partial charge in [-0.05, 0) is 43.3 Å². The number of hydrazone groups is 1. The predicted molar refractivity (Wildman–Crippen MR) is 80.8 cm³/mol. The third kappa shape index (κ3) is 3.60. The van der Waals surface area contributed by atoms with Crippen LogP contribution in [0.4, 0.5) is 0 Å². The molecule has 0 unspecified atom stereocenters. The minimum atomic E-state index is -0.326. The molecule has 2 N–H and O–H groups in total. The lowest BCUT2D eigenvalue weighted by Gasteiger charge is -2.05. The van der Waals surface area contributed by atoms with Crippen LogP contribution < -0.4 is 10.2 Å². The van der Waals surface area contributed by atoms with E-state index >= 15 is 0 Å². The predicted octanol–water partition coefficient (Wildman–Crippen LogP) is 2.55. The van der Waals surface area contributed by atoms with Crippen LogP contribution in [0.1, 0.15) is 22.8 Å². The number of nitrogens with one attached hydrogen (secondary N) is 1. The van der Waals surface area contributed by atoms with Gasteiger partial charge in [0, 0.05) is 11.1 Å². The first-order chi connectivity index (χ1) is 10.1. The van der Waals surface area contributed by atoms with Crippen LogP contribution in [0.5, 0.6) is 11.5 Å². The second-order valence-electron chi connectivity index (χ2n) is 4.38. The fourth-order valence-electron chi connectivity index (χ4n) is 1.78. The second-order valence-corrected chi connectivity index (χ2v) is 4.38. The van der Waals surface area contributed by atoms with Crippen LogP contribution >= 0.6 is 0 Å². The Labute approximate surface area is 122 Å². The summed E-state index contributed by atoms with van der Waals surface area (Å²) in [5.74, 6) is 0.477. The number of benzene rings is 2. The molecular formula is C16H16N2O3. The molecule has 0 fully saturated rings. The van der Waals surface area contributed by atoms with Gasteiger partial charge >= 0.3 is 0 Å². The number of amides is 1. The highest BCUT2D eigenvalue weighted by Gasteiger charge is 2.06. The lowest BCUT2D eigenvalue weighted by atomic mass is 10.1. The minimum Gasteiger partial charge on any atom is -0.507 e. The molecule has 0 aliphatic heterocycles. The number of aromatic hydroxyl groups is 1. The number of carbonyl (C=O) groups is 1. The molecule has 0 heterocycles. The minimum absolute atomic E-state index is 0.123. The van der Waals surface area contributed by atoms with Crippen molar-refractivity contribution in [2.75, 3.05) is 7.11 Å². The molecule has 0 atom stereocenters. The zero-order chi connectivity index (χ0) is 15.2. The standard InChI is InChI=1S/C16H16N2O3/c1-11(14-5-3-4-6-15(14)19)17-18-16(20)12-7-9-13(21-2)10-8-12/h3-10,19H,1-2H3,(H,18,20)/b17-11-. The highest BCUT2D eigenvalue weighted by atomic mass is 16.5. The molecule has 2 rings (SSSR count). The number of rotatable bonds is 4. The van der Waals surface area contributed by atoms with Gasteiger partial charge in [-0.1, -0.05) is 12.1 Å². The highest BCUT2D eigenvalue weighted by molar-refractivity contribution is 6.02. The van der Waals surface area contributed by atoms with E-state index in [2.05, 4.69) is 10.5 Å². The van der Waals surface area contributed by atoms with Crippen LogP contribution in [0.15, 0.2) is 53.6 Å². The summed E-state index contributed by atoms with van der Waals surface area (Å²) in [6.45, 7) is 1.71. The lowest BCUT2D eigenvalue weighted by molar-refractivity contribution is 0.0955. The second kappa shape index (κ2) is 6.56. The van der Waals surface area contributed by atoms with Crippen LogP contribution in [0.25, 0.3) is 0 Å². The van der Waals surface area contributed by atoms with E-state index < -0.39 is 0 Å². The molecule has 5 nitrogen and oxygen atoms in total. The molecular weight excluding hydrogens is 268 g/mol. The van der Waals surface area contributed by atoms with Gasteiger partial charge in [0.1, 0.15) is 11.5 Å². The van der Waals surface area contributed by atoms with E-state index in [-0.39, 0.29) is 11.7 Å². The van der Waals surface area contributed by atoms with Crippen molar-refractivity contribution in [3.8, 4) is 11.5 Å². The van der Waals surface area contributed by atoms with E-state index in [1.165, 1.54) is 0 Å². The molecule has 0 saturated carbocycles. The van der Waals surface area contributed by atoms with Crippen molar-refractivity contribution in [2.45, 2.75) is 6.92 Å². The van der Waals surface area contributed by atoms with Crippen molar-refractivity contribution < 1.29 is 14.6 Å². The normalized spacial score (nSPS) is 11.0. The van der Waals surface area contributed by atoms with Crippen LogP contribution in [-0.2, 0) is 0 Å². The van der Waals surface area contributed by atoms with Gasteiger partial charge in [-0.25, -0.2) is 5.43 Å². The topological polar surface area (TPSA) is 70.9 Å². The average Bonchev–Trinajstić information content (AvgIpc) is 2.52. The van der Waals surface area contributed by atoms with Crippen LogP contribution in [0, 0.1) is 0 Å². The van der Waals surface area contributed by atoms with E-state index in [9.17, 15) is 9.90 Å². The Morgan fingerprint density at radius 3 is 2.43 bits per heavy atom. The Balaban J connectivity index is 2.09. The lowest BCUT2D eigenvalue weighted by Crippen LogP contribution is -2.19. The Kier molecular flexibility index (Phi) is 4.56. The van der Waals surface area contributed by atoms with Crippen molar-refractivity contribution in [3.05, 3.63) is 59.7 Å². The number of phenolic OH excluding ortho intramolecular Hbond substituents is 1. The summed E-state index contributed by atoms with van der Waals surface area (Å²) in [5.41, 5.74) is 4.04. The fourth-order valence-corrected chi connectivity index (χ4v) is 1.78. The zero-order valence-corrected chi connectivity index (χ0v) is 11.8. The Hall–Kier alpha value is -2.82. The first-order valence-electron chi connectivity index (χ1n) is 6.39. The maximum atomic E-state index is 11.9. The third-order valence-corrected chi connectivity index (χ3v) is 2.97. The molecule has 0 saturated heterocycles. The van der Waals surface area contributed by atoms with E-state index in [0.717, 1.165) is 0 Å². The van der Waals surface area contributed by atoms with Gasteiger partial charge in [-0.15, -0.1) is 0 Å². The summed E-state index contributed by atoms with van der Waals surface area (Å²) in [5, 5.41) is 13.7. The van der Waals surface area contributed by atoms with Gasteiger partial charge in [0.05, 0.1) is 12.8 Å². The summed E-state index contributed by atoms with van der Waals surface area (Å²) >= 11 is 0. The number of nitrogens with zero attached hydrogens (tertiary/aromatic N) is 1. The molecule has 21 heavy (non-hydrogen) atoms. The van der Waals surface area contributed by atoms with E-state index in [4.69, 9.17) is 4.74 Å². The largest absolute Gasteiger partial charge is 0.507 e. The molecule has 5 heteroatoms. The van der Waals surface area contributed by atoms with Crippen LogP contribution in [0.3, 0.4) is 0 Å². The molecule has 108 valence electrons. The number of hydrogen-bond donors (Lipinski definition) is 2. The highest BCUT2D eigenvalue weighted by Crippen LogP contribution is 2.16. The van der Waals surface area contributed by atoms with Gasteiger partial charge in [0.25, 0.3) is 5.91 Å². The molecule has 0 spiro atoms. The number of ether oxygens (including phenoxy) is 1. The first kappa shape index (κ1) is 14.6. The van der Waals surface area contributed by atoms with Gasteiger partial charge in [-0.2, -0.15) is 5.10 Å². The zero-order valence-electron chi connectivity index (χ0n) is 11.8. The number of para-hydroxylation sites is 1. The van der Waals surface area contributed by atoms with Gasteiger partial charge < -0.3 is 9.84 Å². The molecule has 0 aliphatic carbocycles. The van der Waals surface area contributed by atoms with E-state index in [1.54, 1.807) is 62.6 Å². The molecule has 1 amide bonds. The van der Waals surface area contributed by atoms with Gasteiger partial charge in [0.2, 0.25) is 0 Å². The van der Waals surface area contributed by atoms with Crippen molar-refractivity contribution in [1.82, 2.24) is 5.43 Å². The average molecular weight is 284 g/mol. The van der Waals surface area contributed by atoms with Crippen molar-refractivity contribution >= 4 is 11.6 Å². The molecule has 0 radical (unpaired) electrons. The summed E-state index contributed by atoms with van der Waals surface area (Å²) in [7, 11) is 1.56. The Morgan fingerprint density at radius 2 is 1.81 bits per heavy atom. The number of hydrogen-bond acceptors (Lipinski definition) is 4. The Bertz CT molecular complexity index is 663. The molecule has 2 aromatic rings.